The summed E-state index contributed by atoms with van der Waals surface area (Å²) >= 11 is 5.68. The third-order valence-corrected chi connectivity index (χ3v) is 2.67. The topological polar surface area (TPSA) is 50.5 Å². The number of rotatable bonds is 2. The number of nitrogens with zero attached hydrogens (tertiary/aromatic N) is 1. The maximum Gasteiger partial charge on any atom is 0.271 e. The number of halogens is 1. The first kappa shape index (κ1) is 11.7. The first-order valence-electron chi connectivity index (χ1n) is 5.10. The van der Waals surface area contributed by atoms with E-state index < -0.39 is 5.91 Å². The summed E-state index contributed by atoms with van der Waals surface area (Å²) < 4.78 is 4.86. The first-order chi connectivity index (χ1) is 8.18. The molecule has 2 amide bonds. The van der Waals surface area contributed by atoms with Gasteiger partial charge in [0.05, 0.1) is 12.5 Å². The quantitative estimate of drug-likeness (QED) is 0.757. The van der Waals surface area contributed by atoms with Gasteiger partial charge in [-0.1, -0.05) is 17.7 Å². The highest BCUT2D eigenvalue weighted by Gasteiger charge is 2.24. The summed E-state index contributed by atoms with van der Waals surface area (Å²) in [6, 6.07) is 1.72. The number of hydrogen-bond acceptors (Lipinski definition) is 3. The van der Waals surface area contributed by atoms with Crippen LogP contribution in [0.5, 0.6) is 0 Å². The Morgan fingerprint density at radius 2 is 2.35 bits per heavy atom. The summed E-state index contributed by atoms with van der Waals surface area (Å²) in [6.45, 7) is 0.365. The summed E-state index contributed by atoms with van der Waals surface area (Å²) in [5, 5.41) is 0.0984. The van der Waals surface area contributed by atoms with Gasteiger partial charge in [-0.3, -0.25) is 14.5 Å². The molecular weight excluding hydrogens is 242 g/mol. The smallest absolute Gasteiger partial charge is 0.271 e. The van der Waals surface area contributed by atoms with Crippen molar-refractivity contribution < 1.29 is 14.0 Å². The van der Waals surface area contributed by atoms with E-state index >= 15 is 0 Å². The van der Waals surface area contributed by atoms with E-state index in [1.54, 1.807) is 18.2 Å². The highest BCUT2D eigenvalue weighted by Crippen LogP contribution is 2.15. The third-order valence-electron chi connectivity index (χ3n) is 2.35. The zero-order chi connectivity index (χ0) is 12.3. The second kappa shape index (κ2) is 5.01. The molecular formula is C12H10ClNO3. The molecule has 1 aliphatic rings. The normalized spacial score (nSPS) is 16.4. The lowest BCUT2D eigenvalue weighted by Gasteiger charge is -2.21. The van der Waals surface area contributed by atoms with Crippen molar-refractivity contribution in [2.75, 3.05) is 6.54 Å². The minimum atomic E-state index is -0.445. The molecule has 0 unspecified atom stereocenters. The monoisotopic (exact) mass is 251 g/mol. The number of imide groups is 1. The molecule has 0 saturated carbocycles. The SMILES string of the molecule is O=C(/C=C/c1ccoc1)N1CCC=C(Cl)C1=O. The molecule has 4 nitrogen and oxygen atoms in total. The van der Waals surface area contributed by atoms with Crippen molar-refractivity contribution in [3.8, 4) is 0 Å². The van der Waals surface area contributed by atoms with Gasteiger partial charge >= 0.3 is 0 Å². The van der Waals surface area contributed by atoms with Gasteiger partial charge < -0.3 is 4.42 Å². The van der Waals surface area contributed by atoms with Gasteiger partial charge in [-0.15, -0.1) is 0 Å². The highest BCUT2D eigenvalue weighted by atomic mass is 35.5. The Balaban J connectivity index is 2.06. The summed E-state index contributed by atoms with van der Waals surface area (Å²) in [5.41, 5.74) is 0.768. The second-order valence-electron chi connectivity index (χ2n) is 3.53. The van der Waals surface area contributed by atoms with E-state index in [1.165, 1.54) is 18.6 Å². The van der Waals surface area contributed by atoms with Gasteiger partial charge in [-0.05, 0) is 18.6 Å². The van der Waals surface area contributed by atoms with Gasteiger partial charge in [0.15, 0.2) is 0 Å². The Morgan fingerprint density at radius 3 is 3.06 bits per heavy atom. The summed E-state index contributed by atoms with van der Waals surface area (Å²) in [6.07, 6.45) is 8.15. The summed E-state index contributed by atoms with van der Waals surface area (Å²) in [5.74, 6) is -0.817. The summed E-state index contributed by atoms with van der Waals surface area (Å²) in [4.78, 5) is 24.5. The van der Waals surface area contributed by atoms with E-state index in [-0.39, 0.29) is 10.9 Å². The third kappa shape index (κ3) is 2.65. The predicted octanol–water partition coefficient (Wildman–Crippen LogP) is 2.17. The van der Waals surface area contributed by atoms with Gasteiger partial charge in [0.2, 0.25) is 0 Å². The van der Waals surface area contributed by atoms with E-state index in [9.17, 15) is 9.59 Å². The number of furan rings is 1. The molecule has 0 saturated heterocycles. The number of hydrogen-bond donors (Lipinski definition) is 0. The fourth-order valence-electron chi connectivity index (χ4n) is 1.48. The van der Waals surface area contributed by atoms with Crippen LogP contribution in [0.1, 0.15) is 12.0 Å². The first-order valence-corrected chi connectivity index (χ1v) is 5.48. The van der Waals surface area contributed by atoms with Gasteiger partial charge in [0, 0.05) is 18.2 Å². The Kier molecular flexibility index (Phi) is 3.44. The molecule has 2 heterocycles. The van der Waals surface area contributed by atoms with Crippen LogP contribution in [0.4, 0.5) is 0 Å². The average Bonchev–Trinajstić information content (AvgIpc) is 2.82. The fraction of sp³-hybridized carbons (Fsp3) is 0.167. The van der Waals surface area contributed by atoms with Crippen LogP contribution in [0.3, 0.4) is 0 Å². The molecule has 5 heteroatoms. The lowest BCUT2D eigenvalue weighted by atomic mass is 10.2. The molecule has 17 heavy (non-hydrogen) atoms. The van der Waals surface area contributed by atoms with Crippen molar-refractivity contribution in [3.63, 3.8) is 0 Å². The van der Waals surface area contributed by atoms with Crippen molar-refractivity contribution >= 4 is 29.5 Å². The Morgan fingerprint density at radius 1 is 1.53 bits per heavy atom. The highest BCUT2D eigenvalue weighted by molar-refractivity contribution is 6.43. The van der Waals surface area contributed by atoms with Gasteiger partial charge in [-0.2, -0.15) is 0 Å². The van der Waals surface area contributed by atoms with Crippen LogP contribution < -0.4 is 0 Å². The molecule has 0 atom stereocenters. The van der Waals surface area contributed by atoms with Crippen molar-refractivity contribution in [3.05, 3.63) is 41.3 Å². The molecule has 0 N–H and O–H groups in total. The van der Waals surface area contributed by atoms with Crippen LogP contribution in [0.25, 0.3) is 6.08 Å². The van der Waals surface area contributed by atoms with Crippen LogP contribution in [0.15, 0.2) is 40.2 Å². The molecule has 0 aliphatic carbocycles. The maximum atomic E-state index is 11.8. The predicted molar refractivity (Wildman–Crippen MR) is 63.0 cm³/mol. The van der Waals surface area contributed by atoms with E-state index in [1.807, 2.05) is 0 Å². The van der Waals surface area contributed by atoms with Crippen LogP contribution in [0.2, 0.25) is 0 Å². The van der Waals surface area contributed by atoms with E-state index in [0.29, 0.717) is 13.0 Å². The molecule has 2 rings (SSSR count). The van der Waals surface area contributed by atoms with Crippen molar-refractivity contribution in [2.45, 2.75) is 6.42 Å². The molecule has 0 spiro atoms. The molecule has 0 fully saturated rings. The van der Waals surface area contributed by atoms with Crippen LogP contribution in [0, 0.1) is 0 Å². The maximum absolute atomic E-state index is 11.8. The van der Waals surface area contributed by atoms with E-state index in [4.69, 9.17) is 16.0 Å². The largest absolute Gasteiger partial charge is 0.472 e. The molecule has 1 aromatic heterocycles. The minimum Gasteiger partial charge on any atom is -0.472 e. The number of carbonyl (C=O) groups excluding carboxylic acids is 2. The lowest BCUT2D eigenvalue weighted by molar-refractivity contribution is -0.139. The summed E-state index contributed by atoms with van der Waals surface area (Å²) in [7, 11) is 0. The Hall–Kier alpha value is -1.81. The molecule has 0 aromatic carbocycles. The van der Waals surface area contributed by atoms with E-state index in [0.717, 1.165) is 10.5 Å². The zero-order valence-electron chi connectivity index (χ0n) is 8.93. The van der Waals surface area contributed by atoms with Crippen molar-refractivity contribution in [1.82, 2.24) is 4.90 Å². The lowest BCUT2D eigenvalue weighted by Crippen LogP contribution is -2.38. The van der Waals surface area contributed by atoms with Gasteiger partial charge in [-0.25, -0.2) is 0 Å². The fourth-order valence-corrected chi connectivity index (χ4v) is 1.69. The van der Waals surface area contributed by atoms with Gasteiger partial charge in [0.25, 0.3) is 11.8 Å². The molecule has 0 bridgehead atoms. The standard InChI is InChI=1S/C12H10ClNO3/c13-10-2-1-6-14(12(10)16)11(15)4-3-9-5-7-17-8-9/h2-5,7-8H,1,6H2/b4-3+. The van der Waals surface area contributed by atoms with Crippen LogP contribution in [-0.2, 0) is 9.59 Å². The average molecular weight is 252 g/mol. The molecule has 0 radical (unpaired) electrons. The molecule has 1 aliphatic heterocycles. The Bertz CT molecular complexity index is 488. The second-order valence-corrected chi connectivity index (χ2v) is 3.93. The molecule has 1 aromatic rings. The van der Waals surface area contributed by atoms with Crippen LogP contribution in [-0.4, -0.2) is 23.3 Å². The zero-order valence-corrected chi connectivity index (χ0v) is 9.68. The molecule has 88 valence electrons. The Labute approximate surface area is 103 Å². The number of amides is 2. The van der Waals surface area contributed by atoms with Gasteiger partial charge in [0.1, 0.15) is 5.03 Å². The number of carbonyl (C=O) groups is 2. The van der Waals surface area contributed by atoms with Crippen LogP contribution >= 0.6 is 11.6 Å². The van der Waals surface area contributed by atoms with E-state index in [2.05, 4.69) is 0 Å². The van der Waals surface area contributed by atoms with Crippen molar-refractivity contribution in [1.29, 1.82) is 0 Å². The van der Waals surface area contributed by atoms with Crippen molar-refractivity contribution in [2.24, 2.45) is 0 Å². The minimum absolute atomic E-state index is 0.0984.